The van der Waals surface area contributed by atoms with Gasteiger partial charge in [-0.2, -0.15) is 0 Å². The van der Waals surface area contributed by atoms with Gasteiger partial charge in [0.1, 0.15) is 5.82 Å². The molecule has 94 valence electrons. The number of carbonyl (C=O) groups excluding carboxylic acids is 1. The van der Waals surface area contributed by atoms with E-state index in [1.807, 2.05) is 7.05 Å². The second-order valence-electron chi connectivity index (χ2n) is 3.78. The van der Waals surface area contributed by atoms with Crippen molar-refractivity contribution in [2.24, 2.45) is 0 Å². The van der Waals surface area contributed by atoms with Gasteiger partial charge in [0.15, 0.2) is 0 Å². The van der Waals surface area contributed by atoms with E-state index in [0.29, 0.717) is 6.54 Å². The highest BCUT2D eigenvalue weighted by molar-refractivity contribution is 6.33. The number of hydrogen-bond donors (Lipinski definition) is 1. The van der Waals surface area contributed by atoms with E-state index in [0.717, 1.165) is 13.0 Å². The van der Waals surface area contributed by atoms with Crippen LogP contribution in [0.4, 0.5) is 4.39 Å². The highest BCUT2D eigenvalue weighted by atomic mass is 35.5. The second-order valence-corrected chi connectivity index (χ2v) is 4.19. The summed E-state index contributed by atoms with van der Waals surface area (Å²) in [6.07, 6.45) is 0.810. The molecule has 1 aromatic carbocycles. The Labute approximate surface area is 106 Å². The van der Waals surface area contributed by atoms with Gasteiger partial charge in [-0.05, 0) is 32.1 Å². The third-order valence-electron chi connectivity index (χ3n) is 2.44. The van der Waals surface area contributed by atoms with Gasteiger partial charge in [-0.15, -0.1) is 0 Å². The van der Waals surface area contributed by atoms with Gasteiger partial charge in [0, 0.05) is 13.6 Å². The second kappa shape index (κ2) is 6.57. The summed E-state index contributed by atoms with van der Waals surface area (Å²) < 4.78 is 13.5. The van der Waals surface area contributed by atoms with E-state index >= 15 is 0 Å². The SMILES string of the molecule is CNCCCN(C)C(=O)c1c(F)cccc1Cl. The van der Waals surface area contributed by atoms with Gasteiger partial charge in [-0.25, -0.2) is 4.39 Å². The Bertz CT molecular complexity index is 378. The molecular formula is C12H16ClFN2O. The Morgan fingerprint density at radius 1 is 1.53 bits per heavy atom. The molecule has 0 atom stereocenters. The van der Waals surface area contributed by atoms with Crippen molar-refractivity contribution < 1.29 is 9.18 Å². The first-order valence-corrected chi connectivity index (χ1v) is 5.79. The number of halogens is 2. The lowest BCUT2D eigenvalue weighted by Gasteiger charge is -2.18. The molecule has 1 amide bonds. The van der Waals surface area contributed by atoms with Crippen LogP contribution in [0.1, 0.15) is 16.8 Å². The Hall–Kier alpha value is -1.13. The van der Waals surface area contributed by atoms with Crippen molar-refractivity contribution >= 4 is 17.5 Å². The van der Waals surface area contributed by atoms with Crippen LogP contribution >= 0.6 is 11.6 Å². The average molecular weight is 259 g/mol. The zero-order chi connectivity index (χ0) is 12.8. The number of nitrogens with one attached hydrogen (secondary N) is 1. The van der Waals surface area contributed by atoms with Gasteiger partial charge >= 0.3 is 0 Å². The summed E-state index contributed by atoms with van der Waals surface area (Å²) in [6, 6.07) is 4.23. The molecule has 0 unspecified atom stereocenters. The van der Waals surface area contributed by atoms with Gasteiger partial charge in [-0.1, -0.05) is 17.7 Å². The lowest BCUT2D eigenvalue weighted by molar-refractivity contribution is 0.0789. The number of carbonyl (C=O) groups is 1. The van der Waals surface area contributed by atoms with Crippen LogP contribution in [0.15, 0.2) is 18.2 Å². The molecular weight excluding hydrogens is 243 g/mol. The van der Waals surface area contributed by atoms with Crippen LogP contribution in [0, 0.1) is 5.82 Å². The van der Waals surface area contributed by atoms with Crippen molar-refractivity contribution in [1.82, 2.24) is 10.2 Å². The zero-order valence-electron chi connectivity index (χ0n) is 9.96. The first kappa shape index (κ1) is 13.9. The van der Waals surface area contributed by atoms with E-state index in [4.69, 9.17) is 11.6 Å². The maximum atomic E-state index is 13.5. The van der Waals surface area contributed by atoms with Crippen molar-refractivity contribution in [3.63, 3.8) is 0 Å². The highest BCUT2D eigenvalue weighted by Crippen LogP contribution is 2.20. The van der Waals surface area contributed by atoms with Crippen molar-refractivity contribution in [2.45, 2.75) is 6.42 Å². The molecule has 0 fully saturated rings. The summed E-state index contributed by atoms with van der Waals surface area (Å²) in [4.78, 5) is 13.4. The van der Waals surface area contributed by atoms with E-state index in [1.165, 1.54) is 23.1 Å². The fourth-order valence-electron chi connectivity index (χ4n) is 1.49. The van der Waals surface area contributed by atoms with Crippen LogP contribution in [0.3, 0.4) is 0 Å². The standard InChI is InChI=1S/C12H16ClFN2O/c1-15-7-4-8-16(2)12(17)11-9(13)5-3-6-10(11)14/h3,5-6,15H,4,7-8H2,1-2H3. The largest absolute Gasteiger partial charge is 0.342 e. The summed E-state index contributed by atoms with van der Waals surface area (Å²) in [7, 11) is 3.48. The van der Waals surface area contributed by atoms with Crippen LogP contribution in [0.2, 0.25) is 5.02 Å². The normalized spacial score (nSPS) is 10.4. The maximum absolute atomic E-state index is 13.5. The minimum atomic E-state index is -0.581. The number of nitrogens with zero attached hydrogens (tertiary/aromatic N) is 1. The predicted octanol–water partition coefficient (Wildman–Crippen LogP) is 2.16. The van der Waals surface area contributed by atoms with Crippen molar-refractivity contribution in [3.8, 4) is 0 Å². The Kier molecular flexibility index (Phi) is 5.38. The Balaban J connectivity index is 2.75. The quantitative estimate of drug-likeness (QED) is 0.821. The molecule has 0 aliphatic heterocycles. The van der Waals surface area contributed by atoms with Crippen LogP contribution in [-0.4, -0.2) is 38.0 Å². The molecule has 0 radical (unpaired) electrons. The Morgan fingerprint density at radius 3 is 2.82 bits per heavy atom. The summed E-state index contributed by atoms with van der Waals surface area (Å²) >= 11 is 5.83. The van der Waals surface area contributed by atoms with Gasteiger partial charge < -0.3 is 10.2 Å². The molecule has 0 spiro atoms. The van der Waals surface area contributed by atoms with Gasteiger partial charge in [0.25, 0.3) is 5.91 Å². The molecule has 0 bridgehead atoms. The molecule has 5 heteroatoms. The maximum Gasteiger partial charge on any atom is 0.258 e. The molecule has 1 rings (SSSR count). The van der Waals surface area contributed by atoms with Crippen LogP contribution in [0.5, 0.6) is 0 Å². The third kappa shape index (κ3) is 3.68. The van der Waals surface area contributed by atoms with E-state index in [2.05, 4.69) is 5.32 Å². The number of rotatable bonds is 5. The lowest BCUT2D eigenvalue weighted by atomic mass is 10.2. The highest BCUT2D eigenvalue weighted by Gasteiger charge is 2.18. The number of benzene rings is 1. The summed E-state index contributed by atoms with van der Waals surface area (Å²) in [6.45, 7) is 1.37. The molecule has 0 aromatic heterocycles. The molecule has 0 saturated carbocycles. The molecule has 1 aromatic rings. The van der Waals surface area contributed by atoms with Crippen molar-refractivity contribution in [2.75, 3.05) is 27.2 Å². The fraction of sp³-hybridized carbons (Fsp3) is 0.417. The number of amides is 1. The van der Waals surface area contributed by atoms with E-state index in [-0.39, 0.29) is 16.5 Å². The van der Waals surface area contributed by atoms with Gasteiger partial charge in [0.2, 0.25) is 0 Å². The molecule has 0 aliphatic rings. The van der Waals surface area contributed by atoms with E-state index in [9.17, 15) is 9.18 Å². The minimum Gasteiger partial charge on any atom is -0.342 e. The third-order valence-corrected chi connectivity index (χ3v) is 2.76. The number of hydrogen-bond acceptors (Lipinski definition) is 2. The molecule has 0 heterocycles. The van der Waals surface area contributed by atoms with E-state index in [1.54, 1.807) is 7.05 Å². The van der Waals surface area contributed by atoms with Crippen LogP contribution in [0.25, 0.3) is 0 Å². The van der Waals surface area contributed by atoms with Gasteiger partial charge in [0.05, 0.1) is 10.6 Å². The Morgan fingerprint density at radius 2 is 2.24 bits per heavy atom. The van der Waals surface area contributed by atoms with Crippen molar-refractivity contribution in [1.29, 1.82) is 0 Å². The molecule has 1 N–H and O–H groups in total. The van der Waals surface area contributed by atoms with Crippen LogP contribution in [-0.2, 0) is 0 Å². The molecule has 0 aliphatic carbocycles. The van der Waals surface area contributed by atoms with Crippen LogP contribution < -0.4 is 5.32 Å². The smallest absolute Gasteiger partial charge is 0.258 e. The predicted molar refractivity (Wildman–Crippen MR) is 66.9 cm³/mol. The topological polar surface area (TPSA) is 32.3 Å². The molecule has 17 heavy (non-hydrogen) atoms. The monoisotopic (exact) mass is 258 g/mol. The average Bonchev–Trinajstić information content (AvgIpc) is 2.28. The van der Waals surface area contributed by atoms with Gasteiger partial charge in [-0.3, -0.25) is 4.79 Å². The summed E-state index contributed by atoms with van der Waals surface area (Å²) in [5.74, 6) is -0.966. The van der Waals surface area contributed by atoms with E-state index < -0.39 is 5.82 Å². The zero-order valence-corrected chi connectivity index (χ0v) is 10.7. The van der Waals surface area contributed by atoms with Crippen molar-refractivity contribution in [3.05, 3.63) is 34.6 Å². The molecule has 0 saturated heterocycles. The first-order chi connectivity index (χ1) is 8.07. The molecule has 3 nitrogen and oxygen atoms in total. The fourth-order valence-corrected chi connectivity index (χ4v) is 1.73. The first-order valence-electron chi connectivity index (χ1n) is 5.42. The summed E-state index contributed by atoms with van der Waals surface area (Å²) in [5.41, 5.74) is -0.0545. The summed E-state index contributed by atoms with van der Waals surface area (Å²) in [5, 5.41) is 3.13. The lowest BCUT2D eigenvalue weighted by Crippen LogP contribution is -2.30. The minimum absolute atomic E-state index is 0.0545.